The number of hydrogen-bond donors (Lipinski definition) is 0. The number of rotatable bonds is 8. The van der Waals surface area contributed by atoms with E-state index in [1.165, 1.54) is 24.3 Å². The van der Waals surface area contributed by atoms with E-state index in [-0.39, 0.29) is 37.7 Å². The first-order valence-corrected chi connectivity index (χ1v) is 10.6. The average Bonchev–Trinajstić information content (AvgIpc) is 2.82. The van der Waals surface area contributed by atoms with Gasteiger partial charge in [0.1, 0.15) is 11.6 Å². The lowest BCUT2D eigenvalue weighted by atomic mass is 10.1. The molecule has 174 valence electrons. The molecule has 0 atom stereocenters. The van der Waals surface area contributed by atoms with E-state index < -0.39 is 11.9 Å². The van der Waals surface area contributed by atoms with Crippen molar-refractivity contribution in [2.75, 3.05) is 13.2 Å². The highest BCUT2D eigenvalue weighted by Gasteiger charge is 2.10. The van der Waals surface area contributed by atoms with E-state index in [1.54, 1.807) is 50.3 Å². The minimum absolute atomic E-state index is 0.0844. The first-order valence-electron chi connectivity index (χ1n) is 10.6. The van der Waals surface area contributed by atoms with Crippen molar-refractivity contribution >= 4 is 24.1 Å². The van der Waals surface area contributed by atoms with Crippen LogP contribution in [-0.2, 0) is 19.1 Å². The predicted octanol–water partition coefficient (Wildman–Crippen LogP) is 5.35. The van der Waals surface area contributed by atoms with Crippen molar-refractivity contribution in [2.24, 2.45) is 0 Å². The highest BCUT2D eigenvalue weighted by atomic mass is 19.1. The molecule has 0 amide bonds. The Morgan fingerprint density at radius 1 is 0.706 bits per heavy atom. The molecule has 0 heterocycles. The second-order valence-corrected chi connectivity index (χ2v) is 6.84. The Morgan fingerprint density at radius 3 is 1.38 bits per heavy atom. The summed E-state index contributed by atoms with van der Waals surface area (Å²) < 4.78 is 36.3. The van der Waals surface area contributed by atoms with Crippen LogP contribution < -0.4 is 0 Å². The lowest BCUT2D eigenvalue weighted by Crippen LogP contribution is -2.07. The fourth-order valence-corrected chi connectivity index (χ4v) is 2.70. The average molecular weight is 462 g/mol. The molecule has 0 N–H and O–H groups in total. The molecule has 34 heavy (non-hydrogen) atoms. The highest BCUT2D eigenvalue weighted by molar-refractivity contribution is 5.94. The zero-order chi connectivity index (χ0) is 24.8. The molecular weight excluding hydrogens is 438 g/mol. The van der Waals surface area contributed by atoms with Crippen LogP contribution in [0.1, 0.15) is 37.8 Å². The zero-order valence-corrected chi connectivity index (χ0v) is 19.0. The van der Waals surface area contributed by atoms with Gasteiger partial charge in [0, 0.05) is 24.0 Å². The highest BCUT2D eigenvalue weighted by Crippen LogP contribution is 2.14. The Hall–Kier alpha value is -4.16. The Kier molecular flexibility index (Phi) is 10.8. The maximum Gasteiger partial charge on any atom is 0.334 e. The molecule has 2 aromatic rings. The van der Waals surface area contributed by atoms with Gasteiger partial charge in [0.15, 0.2) is 0 Å². The van der Waals surface area contributed by atoms with Crippen LogP contribution in [0, 0.1) is 35.3 Å². The number of carbonyl (C=O) groups excluding carboxylic acids is 2. The molecule has 4 nitrogen and oxygen atoms in total. The van der Waals surface area contributed by atoms with Crippen LogP contribution in [0.3, 0.4) is 0 Å². The fraction of sp³-hybridized carbons (Fsp3) is 0.214. The minimum atomic E-state index is -0.513. The monoisotopic (exact) mass is 462 g/mol. The van der Waals surface area contributed by atoms with Crippen LogP contribution in [0.5, 0.6) is 0 Å². The van der Waals surface area contributed by atoms with Crippen molar-refractivity contribution in [3.63, 3.8) is 0 Å². The number of halogens is 2. The molecule has 0 unspecified atom stereocenters. The molecule has 0 fully saturated rings. The molecule has 0 bridgehead atoms. The summed E-state index contributed by atoms with van der Waals surface area (Å²) in [6, 6.07) is 11.4. The quantitative estimate of drug-likeness (QED) is 0.302. The molecule has 2 aromatic carbocycles. The number of ether oxygens (including phenoxy) is 2. The van der Waals surface area contributed by atoms with E-state index in [0.717, 1.165) is 0 Å². The molecule has 0 saturated heterocycles. The topological polar surface area (TPSA) is 52.6 Å². The van der Waals surface area contributed by atoms with Crippen LogP contribution in [0.2, 0.25) is 0 Å². The van der Waals surface area contributed by atoms with Gasteiger partial charge in [-0.1, -0.05) is 36.1 Å². The van der Waals surface area contributed by atoms with Crippen molar-refractivity contribution in [3.8, 4) is 23.7 Å². The molecule has 0 aliphatic rings. The van der Waals surface area contributed by atoms with Crippen LogP contribution in [-0.4, -0.2) is 25.2 Å². The maximum absolute atomic E-state index is 13.1. The van der Waals surface area contributed by atoms with Crippen LogP contribution >= 0.6 is 0 Å². The molecule has 0 aromatic heterocycles. The zero-order valence-electron chi connectivity index (χ0n) is 19.0. The van der Waals surface area contributed by atoms with Crippen LogP contribution in [0.4, 0.5) is 8.78 Å². The summed E-state index contributed by atoms with van der Waals surface area (Å²) in [5, 5.41) is 0. The van der Waals surface area contributed by atoms with Crippen LogP contribution in [0.25, 0.3) is 12.2 Å². The Labute approximate surface area is 198 Å². The smallest absolute Gasteiger partial charge is 0.334 e. The summed E-state index contributed by atoms with van der Waals surface area (Å²) in [6.07, 6.45) is 3.34. The number of carbonyl (C=O) groups is 2. The van der Waals surface area contributed by atoms with E-state index >= 15 is 0 Å². The third kappa shape index (κ3) is 9.14. The fourth-order valence-electron chi connectivity index (χ4n) is 2.70. The van der Waals surface area contributed by atoms with Crippen LogP contribution in [0.15, 0.2) is 59.7 Å². The van der Waals surface area contributed by atoms with Gasteiger partial charge in [0.2, 0.25) is 0 Å². The van der Waals surface area contributed by atoms with Gasteiger partial charge in [0.05, 0.1) is 13.2 Å². The SMILES string of the molecule is CCOC(=O)/C(=C\c1ccc(F)cc1)CC#CC#CC/C(=C\c1ccc(F)cc1)C(=O)OCC. The van der Waals surface area contributed by atoms with E-state index in [1.807, 2.05) is 0 Å². The molecule has 0 spiro atoms. The van der Waals surface area contributed by atoms with Gasteiger partial charge in [0.25, 0.3) is 0 Å². The van der Waals surface area contributed by atoms with E-state index in [4.69, 9.17) is 9.47 Å². The van der Waals surface area contributed by atoms with Gasteiger partial charge in [-0.15, -0.1) is 0 Å². The van der Waals surface area contributed by atoms with Gasteiger partial charge >= 0.3 is 11.9 Å². The molecule has 0 radical (unpaired) electrons. The number of benzene rings is 2. The van der Waals surface area contributed by atoms with Crippen molar-refractivity contribution in [1.82, 2.24) is 0 Å². The first-order chi connectivity index (χ1) is 16.4. The van der Waals surface area contributed by atoms with Crippen molar-refractivity contribution < 1.29 is 27.8 Å². The van der Waals surface area contributed by atoms with Gasteiger partial charge < -0.3 is 9.47 Å². The Bertz CT molecular complexity index is 1070. The molecule has 0 aliphatic heterocycles. The van der Waals surface area contributed by atoms with Gasteiger partial charge in [-0.3, -0.25) is 0 Å². The normalized spacial score (nSPS) is 10.9. The Balaban J connectivity index is 2.13. The summed E-state index contributed by atoms with van der Waals surface area (Å²) in [4.78, 5) is 24.4. The number of hydrogen-bond acceptors (Lipinski definition) is 4. The van der Waals surface area contributed by atoms with Gasteiger partial charge in [-0.05, 0) is 73.2 Å². The summed E-state index contributed by atoms with van der Waals surface area (Å²) in [7, 11) is 0. The lowest BCUT2D eigenvalue weighted by Gasteiger charge is -2.04. The minimum Gasteiger partial charge on any atom is -0.463 e. The van der Waals surface area contributed by atoms with Crippen molar-refractivity contribution in [3.05, 3.63) is 82.4 Å². The molecule has 2 rings (SSSR count). The van der Waals surface area contributed by atoms with E-state index in [0.29, 0.717) is 22.3 Å². The standard InChI is InChI=1S/C28H24F2O4/c1-3-33-27(31)23(19-21-11-15-25(29)16-12-21)9-7-5-6-8-10-24(28(32)34-4-2)20-22-13-17-26(30)18-14-22/h11-20H,3-4,9-10H2,1-2H3/b23-19-,24-20+. The maximum atomic E-state index is 13.1. The molecular formula is C28H24F2O4. The second-order valence-electron chi connectivity index (χ2n) is 6.84. The first kappa shape index (κ1) is 26.1. The van der Waals surface area contributed by atoms with Crippen molar-refractivity contribution in [2.45, 2.75) is 26.7 Å². The second kappa shape index (κ2) is 14.1. The molecule has 0 aliphatic carbocycles. The van der Waals surface area contributed by atoms with Gasteiger partial charge in [-0.25, -0.2) is 18.4 Å². The Morgan fingerprint density at radius 2 is 1.06 bits per heavy atom. The summed E-state index contributed by atoms with van der Waals surface area (Å²) in [5.74, 6) is 9.13. The third-order valence-electron chi connectivity index (χ3n) is 4.29. The third-order valence-corrected chi connectivity index (χ3v) is 4.29. The summed E-state index contributed by atoms with van der Waals surface area (Å²) in [6.45, 7) is 3.82. The van der Waals surface area contributed by atoms with Crippen molar-refractivity contribution in [1.29, 1.82) is 0 Å². The summed E-state index contributed by atoms with van der Waals surface area (Å²) >= 11 is 0. The largest absolute Gasteiger partial charge is 0.463 e. The summed E-state index contributed by atoms with van der Waals surface area (Å²) in [5.41, 5.74) is 1.90. The molecule has 6 heteroatoms. The number of esters is 2. The van der Waals surface area contributed by atoms with E-state index in [9.17, 15) is 18.4 Å². The molecule has 0 saturated carbocycles. The van der Waals surface area contributed by atoms with Gasteiger partial charge in [-0.2, -0.15) is 0 Å². The van der Waals surface area contributed by atoms with E-state index in [2.05, 4.69) is 23.7 Å². The predicted molar refractivity (Wildman–Crippen MR) is 127 cm³/mol. The lowest BCUT2D eigenvalue weighted by molar-refractivity contribution is -0.139.